The summed E-state index contributed by atoms with van der Waals surface area (Å²) in [5, 5.41) is 5.92. The van der Waals surface area contributed by atoms with Gasteiger partial charge in [-0.1, -0.05) is 13.8 Å². The van der Waals surface area contributed by atoms with Gasteiger partial charge in [-0.25, -0.2) is 9.97 Å². The average molecular weight is 344 g/mol. The maximum absolute atomic E-state index is 12.4. The molecule has 0 aliphatic rings. The fourth-order valence-corrected chi connectivity index (χ4v) is 2.15. The van der Waals surface area contributed by atoms with Crippen molar-refractivity contribution in [1.82, 2.24) is 9.97 Å². The Morgan fingerprint density at radius 3 is 2.60 bits per heavy atom. The number of hydrogen-bond acceptors (Lipinski definition) is 6. The van der Waals surface area contributed by atoms with E-state index in [9.17, 15) is 4.79 Å². The van der Waals surface area contributed by atoms with E-state index in [0.717, 1.165) is 13.0 Å². The van der Waals surface area contributed by atoms with E-state index in [1.165, 1.54) is 0 Å². The second-order valence-corrected chi connectivity index (χ2v) is 5.90. The van der Waals surface area contributed by atoms with Gasteiger partial charge in [0.05, 0.1) is 14.2 Å². The lowest BCUT2D eigenvalue weighted by atomic mass is 10.1. The third-order valence-corrected chi connectivity index (χ3v) is 3.53. The van der Waals surface area contributed by atoms with Crippen LogP contribution in [0.4, 0.5) is 11.6 Å². The Labute approximate surface area is 147 Å². The molecule has 0 atom stereocenters. The molecule has 1 aromatic heterocycles. The van der Waals surface area contributed by atoms with Crippen LogP contribution in [0.25, 0.3) is 0 Å². The molecule has 134 valence electrons. The second kappa shape index (κ2) is 8.86. The first kappa shape index (κ1) is 18.5. The highest BCUT2D eigenvalue weighted by molar-refractivity contribution is 6.03. The van der Waals surface area contributed by atoms with Gasteiger partial charge in [0.2, 0.25) is 5.95 Å². The van der Waals surface area contributed by atoms with Crippen molar-refractivity contribution in [2.24, 2.45) is 5.92 Å². The summed E-state index contributed by atoms with van der Waals surface area (Å²) in [6.45, 7) is 5.06. The van der Waals surface area contributed by atoms with Gasteiger partial charge in [0.1, 0.15) is 5.69 Å². The quantitative estimate of drug-likeness (QED) is 0.765. The lowest BCUT2D eigenvalue weighted by Gasteiger charge is -2.11. The molecular formula is C18H24N4O3. The number of carbonyl (C=O) groups is 1. The molecule has 0 unspecified atom stereocenters. The highest BCUT2D eigenvalue weighted by atomic mass is 16.5. The minimum Gasteiger partial charge on any atom is -0.493 e. The van der Waals surface area contributed by atoms with E-state index in [1.54, 1.807) is 44.7 Å². The van der Waals surface area contributed by atoms with Crippen LogP contribution in [0, 0.1) is 5.92 Å². The van der Waals surface area contributed by atoms with Gasteiger partial charge >= 0.3 is 0 Å². The minimum atomic E-state index is -0.318. The summed E-state index contributed by atoms with van der Waals surface area (Å²) in [5.41, 5.74) is 0.882. The lowest BCUT2D eigenvalue weighted by molar-refractivity contribution is 0.102. The molecule has 0 aliphatic carbocycles. The van der Waals surface area contributed by atoms with E-state index in [4.69, 9.17) is 9.47 Å². The molecule has 7 heteroatoms. The zero-order chi connectivity index (χ0) is 18.2. The van der Waals surface area contributed by atoms with Crippen LogP contribution in [0.5, 0.6) is 11.5 Å². The number of benzene rings is 1. The number of methoxy groups -OCH3 is 2. The maximum Gasteiger partial charge on any atom is 0.274 e. The smallest absolute Gasteiger partial charge is 0.274 e. The van der Waals surface area contributed by atoms with Gasteiger partial charge in [-0.15, -0.1) is 0 Å². The van der Waals surface area contributed by atoms with Gasteiger partial charge in [-0.05, 0) is 30.5 Å². The van der Waals surface area contributed by atoms with Gasteiger partial charge in [-0.2, -0.15) is 0 Å². The molecule has 2 rings (SSSR count). The van der Waals surface area contributed by atoms with Crippen LogP contribution in [0.1, 0.15) is 30.8 Å². The second-order valence-electron chi connectivity index (χ2n) is 5.90. The monoisotopic (exact) mass is 344 g/mol. The lowest BCUT2D eigenvalue weighted by Crippen LogP contribution is -2.16. The van der Waals surface area contributed by atoms with Crippen molar-refractivity contribution in [2.75, 3.05) is 31.4 Å². The maximum atomic E-state index is 12.4. The average Bonchev–Trinajstić information content (AvgIpc) is 2.61. The number of nitrogens with zero attached hydrogens (tertiary/aromatic N) is 2. The molecule has 2 aromatic rings. The van der Waals surface area contributed by atoms with Crippen LogP contribution < -0.4 is 20.1 Å². The van der Waals surface area contributed by atoms with Gasteiger partial charge < -0.3 is 20.1 Å². The third-order valence-electron chi connectivity index (χ3n) is 3.53. The Hall–Kier alpha value is -2.83. The number of hydrogen-bond donors (Lipinski definition) is 2. The van der Waals surface area contributed by atoms with E-state index < -0.39 is 0 Å². The summed E-state index contributed by atoms with van der Waals surface area (Å²) in [6.07, 6.45) is 2.57. The van der Waals surface area contributed by atoms with Crippen molar-refractivity contribution in [3.05, 3.63) is 36.2 Å². The van der Waals surface area contributed by atoms with Crippen molar-refractivity contribution < 1.29 is 14.3 Å². The van der Waals surface area contributed by atoms with Crippen molar-refractivity contribution in [1.29, 1.82) is 0 Å². The SMILES string of the molecule is COc1ccc(NC(=O)c2ccnc(NCCC(C)C)n2)cc1OC. The first-order valence-corrected chi connectivity index (χ1v) is 8.13. The van der Waals surface area contributed by atoms with E-state index in [1.807, 2.05) is 0 Å². The number of amides is 1. The largest absolute Gasteiger partial charge is 0.493 e. The molecule has 0 radical (unpaired) electrons. The van der Waals surface area contributed by atoms with Gasteiger partial charge in [0, 0.05) is 24.5 Å². The fourth-order valence-electron chi connectivity index (χ4n) is 2.15. The summed E-state index contributed by atoms with van der Waals surface area (Å²) < 4.78 is 10.4. The molecule has 0 fully saturated rings. The normalized spacial score (nSPS) is 10.4. The Morgan fingerprint density at radius 2 is 1.92 bits per heavy atom. The first-order chi connectivity index (χ1) is 12.0. The summed E-state index contributed by atoms with van der Waals surface area (Å²) in [4.78, 5) is 20.8. The van der Waals surface area contributed by atoms with Gasteiger partial charge in [0.25, 0.3) is 5.91 Å². The number of anilines is 2. The Morgan fingerprint density at radius 1 is 1.16 bits per heavy atom. The summed E-state index contributed by atoms with van der Waals surface area (Å²) in [7, 11) is 3.10. The molecule has 0 saturated heterocycles. The molecule has 1 aromatic carbocycles. The summed E-state index contributed by atoms with van der Waals surface area (Å²) in [6, 6.07) is 6.74. The number of carbonyl (C=O) groups excluding carboxylic acids is 1. The summed E-state index contributed by atoms with van der Waals surface area (Å²) >= 11 is 0. The van der Waals surface area contributed by atoms with Gasteiger partial charge in [-0.3, -0.25) is 4.79 Å². The Balaban J connectivity index is 2.05. The zero-order valence-corrected chi connectivity index (χ0v) is 15.0. The molecule has 0 aliphatic heterocycles. The first-order valence-electron chi connectivity index (χ1n) is 8.13. The molecule has 7 nitrogen and oxygen atoms in total. The third kappa shape index (κ3) is 5.34. The van der Waals surface area contributed by atoms with E-state index in [0.29, 0.717) is 29.1 Å². The fraction of sp³-hybridized carbons (Fsp3) is 0.389. The Bertz CT molecular complexity index is 719. The van der Waals surface area contributed by atoms with Crippen molar-refractivity contribution in [3.63, 3.8) is 0 Å². The van der Waals surface area contributed by atoms with Crippen LogP contribution >= 0.6 is 0 Å². The van der Waals surface area contributed by atoms with Crippen molar-refractivity contribution in [3.8, 4) is 11.5 Å². The van der Waals surface area contributed by atoms with E-state index >= 15 is 0 Å². The summed E-state index contributed by atoms with van der Waals surface area (Å²) in [5.74, 6) is 1.85. The van der Waals surface area contributed by atoms with Crippen LogP contribution in [0.2, 0.25) is 0 Å². The topological polar surface area (TPSA) is 85.4 Å². The van der Waals surface area contributed by atoms with Crippen molar-refractivity contribution >= 4 is 17.5 Å². The van der Waals surface area contributed by atoms with Crippen LogP contribution in [-0.2, 0) is 0 Å². The van der Waals surface area contributed by atoms with Gasteiger partial charge in [0.15, 0.2) is 11.5 Å². The predicted molar refractivity (Wildman–Crippen MR) is 97.5 cm³/mol. The molecule has 1 amide bonds. The number of aromatic nitrogens is 2. The molecule has 0 bridgehead atoms. The molecule has 2 N–H and O–H groups in total. The molecule has 25 heavy (non-hydrogen) atoms. The molecule has 1 heterocycles. The molecule has 0 saturated carbocycles. The number of rotatable bonds is 8. The minimum absolute atomic E-state index is 0.289. The highest BCUT2D eigenvalue weighted by Gasteiger charge is 2.11. The zero-order valence-electron chi connectivity index (χ0n) is 15.0. The van der Waals surface area contributed by atoms with Crippen molar-refractivity contribution in [2.45, 2.75) is 20.3 Å². The van der Waals surface area contributed by atoms with E-state index in [2.05, 4.69) is 34.4 Å². The molecule has 0 spiro atoms. The van der Waals surface area contributed by atoms with E-state index in [-0.39, 0.29) is 11.6 Å². The molecular weight excluding hydrogens is 320 g/mol. The van der Waals surface area contributed by atoms with Crippen LogP contribution in [0.3, 0.4) is 0 Å². The number of ether oxygens (including phenoxy) is 2. The highest BCUT2D eigenvalue weighted by Crippen LogP contribution is 2.29. The van der Waals surface area contributed by atoms with Crippen LogP contribution in [0.15, 0.2) is 30.5 Å². The predicted octanol–water partition coefficient (Wildman–Crippen LogP) is 3.20. The number of nitrogens with one attached hydrogen (secondary N) is 2. The Kier molecular flexibility index (Phi) is 6.56. The van der Waals surface area contributed by atoms with Crippen LogP contribution in [-0.4, -0.2) is 36.6 Å². The standard InChI is InChI=1S/C18H24N4O3/c1-12(2)7-9-19-18-20-10-8-14(22-18)17(23)21-13-5-6-15(24-3)16(11-13)25-4/h5-6,8,10-12H,7,9H2,1-4H3,(H,21,23)(H,19,20,22).